The molecular formula is C14H3K3N2O8. The van der Waals surface area contributed by atoms with Crippen LogP contribution >= 0.6 is 0 Å². The van der Waals surface area contributed by atoms with Crippen LogP contribution in [0.2, 0.25) is 0 Å². The van der Waals surface area contributed by atoms with Gasteiger partial charge in [-0.2, -0.15) is 0 Å². The number of ketones is 2. The number of hydrogen-bond donors (Lipinski definition) is 1. The summed E-state index contributed by atoms with van der Waals surface area (Å²) >= 11 is 0. The summed E-state index contributed by atoms with van der Waals surface area (Å²) in [6.07, 6.45) is 0. The molecule has 0 spiro atoms. The number of rotatable bonds is 3. The van der Waals surface area contributed by atoms with Gasteiger partial charge in [0.25, 0.3) is 5.78 Å². The van der Waals surface area contributed by atoms with Crippen LogP contribution in [0.3, 0.4) is 0 Å². The minimum absolute atomic E-state index is 0. The number of aromatic nitrogens is 2. The van der Waals surface area contributed by atoms with Gasteiger partial charge in [-0.25, -0.2) is 4.98 Å². The summed E-state index contributed by atoms with van der Waals surface area (Å²) in [5, 5.41) is 33.1. The Labute approximate surface area is 278 Å². The first kappa shape index (κ1) is 28.1. The Morgan fingerprint density at radius 1 is 0.852 bits per heavy atom. The summed E-state index contributed by atoms with van der Waals surface area (Å²) in [7, 11) is 0. The Balaban J connectivity index is 0.00000225. The summed E-state index contributed by atoms with van der Waals surface area (Å²) in [5.74, 6) is -7.87. The third-order valence-electron chi connectivity index (χ3n) is 3.40. The number of pyridine rings is 1. The zero-order valence-corrected chi connectivity index (χ0v) is 23.7. The number of Topliss-reactive ketones (excluding diaryl/α,β-unsaturated/α-hetero) is 2. The second-order valence-corrected chi connectivity index (χ2v) is 4.77. The Morgan fingerprint density at radius 2 is 1.44 bits per heavy atom. The van der Waals surface area contributed by atoms with E-state index in [-0.39, 0.29) is 160 Å². The number of carboxylic acid groups (broad SMARTS) is 3. The van der Waals surface area contributed by atoms with Crippen molar-refractivity contribution in [1.29, 1.82) is 0 Å². The van der Waals surface area contributed by atoms with E-state index in [0.717, 1.165) is 6.07 Å². The predicted octanol–water partition coefficient (Wildman–Crippen LogP) is -12.4. The molecule has 27 heavy (non-hydrogen) atoms. The Kier molecular flexibility index (Phi) is 11.4. The molecule has 0 bridgehead atoms. The summed E-state index contributed by atoms with van der Waals surface area (Å²) in [6.45, 7) is 0. The average molecular weight is 444 g/mol. The van der Waals surface area contributed by atoms with Gasteiger partial charge in [0.15, 0.2) is 0 Å². The number of nitrogens with one attached hydrogen (secondary N) is 1. The smallest absolute Gasteiger partial charge is 0.545 e. The van der Waals surface area contributed by atoms with Crippen molar-refractivity contribution in [2.45, 2.75) is 0 Å². The van der Waals surface area contributed by atoms with E-state index >= 15 is 0 Å². The maximum absolute atomic E-state index is 12.1. The minimum atomic E-state index is -1.87. The van der Waals surface area contributed by atoms with Gasteiger partial charge in [-0.3, -0.25) is 9.59 Å². The Morgan fingerprint density at radius 3 is 1.93 bits per heavy atom. The fraction of sp³-hybridized carbons (Fsp3) is 0. The van der Waals surface area contributed by atoms with E-state index in [1.165, 1.54) is 0 Å². The molecule has 0 amide bonds. The van der Waals surface area contributed by atoms with Crippen LogP contribution in [0.15, 0.2) is 12.1 Å². The van der Waals surface area contributed by atoms with Crippen molar-refractivity contribution in [3.8, 4) is 11.3 Å². The number of carbonyl (C=O) groups excluding carboxylic acids is 5. The largest absolute Gasteiger partial charge is 1.00 e. The van der Waals surface area contributed by atoms with E-state index in [2.05, 4.69) is 9.97 Å². The van der Waals surface area contributed by atoms with Crippen molar-refractivity contribution in [2.24, 2.45) is 0 Å². The number of aromatic carboxylic acids is 3. The van der Waals surface area contributed by atoms with Gasteiger partial charge in [0.1, 0.15) is 5.69 Å². The van der Waals surface area contributed by atoms with Crippen molar-refractivity contribution in [1.82, 2.24) is 9.97 Å². The Hall–Kier alpha value is 1.09. The SMILES string of the molecule is O=C([O-])c1cc(C(=O)[O-])c2c(n1)C(=O)C(=O)c1cc(C(=O)[O-])[nH]c1-2.[K+].[K+].[K+]. The molecule has 0 fully saturated rings. The molecule has 0 aromatic carbocycles. The third kappa shape index (κ3) is 5.23. The quantitative estimate of drug-likeness (QED) is 0.355. The van der Waals surface area contributed by atoms with Crippen molar-refractivity contribution < 1.29 is 193 Å². The molecule has 0 unspecified atom stereocenters. The summed E-state index contributed by atoms with van der Waals surface area (Å²) < 4.78 is 0. The molecule has 0 saturated heterocycles. The predicted molar refractivity (Wildman–Crippen MR) is 65.7 cm³/mol. The van der Waals surface area contributed by atoms with Crippen LogP contribution in [-0.4, -0.2) is 39.4 Å². The van der Waals surface area contributed by atoms with Gasteiger partial charge in [-0.1, -0.05) is 0 Å². The number of nitrogens with zero attached hydrogens (tertiary/aromatic N) is 1. The molecule has 2 aromatic heterocycles. The molecule has 0 radical (unpaired) electrons. The molecule has 10 nitrogen and oxygen atoms in total. The van der Waals surface area contributed by atoms with E-state index in [1.54, 1.807) is 0 Å². The zero-order chi connectivity index (χ0) is 17.8. The van der Waals surface area contributed by atoms with Crippen LogP contribution in [0.25, 0.3) is 11.3 Å². The molecule has 1 aliphatic carbocycles. The first-order chi connectivity index (χ1) is 11.2. The van der Waals surface area contributed by atoms with E-state index in [0.29, 0.717) is 6.07 Å². The van der Waals surface area contributed by atoms with Crippen molar-refractivity contribution in [2.75, 3.05) is 0 Å². The van der Waals surface area contributed by atoms with Crippen LogP contribution in [0.5, 0.6) is 0 Å². The minimum Gasteiger partial charge on any atom is -0.545 e. The molecule has 13 heteroatoms. The molecule has 1 aliphatic rings. The van der Waals surface area contributed by atoms with Gasteiger partial charge < -0.3 is 34.7 Å². The topological polar surface area (TPSA) is 183 Å². The van der Waals surface area contributed by atoms with Crippen LogP contribution < -0.4 is 169 Å². The maximum Gasteiger partial charge on any atom is 1.00 e. The van der Waals surface area contributed by atoms with Crippen LogP contribution in [0.1, 0.15) is 52.2 Å². The standard InChI is InChI=1S/C14H6N2O8.3K/c17-10-4-2-6(14(23)24)15-8(4)7-3(12(19)20)1-5(13(21)22)16-9(7)11(10)18;;;/h1-2,15H,(H,19,20)(H,21,22)(H,23,24);;;/q;3*+1/p-3. The van der Waals surface area contributed by atoms with Gasteiger partial charge >= 0.3 is 154 Å². The first-order valence-electron chi connectivity index (χ1n) is 6.23. The van der Waals surface area contributed by atoms with Crippen LogP contribution in [0, 0.1) is 0 Å². The molecule has 2 heterocycles. The van der Waals surface area contributed by atoms with Crippen molar-refractivity contribution in [3.05, 3.63) is 40.3 Å². The number of hydrogen-bond acceptors (Lipinski definition) is 9. The van der Waals surface area contributed by atoms with Gasteiger partial charge in [0.05, 0.1) is 40.6 Å². The molecule has 1 N–H and O–H groups in total. The second-order valence-electron chi connectivity index (χ2n) is 4.77. The fourth-order valence-corrected chi connectivity index (χ4v) is 2.40. The van der Waals surface area contributed by atoms with Gasteiger partial charge in [0, 0.05) is 11.1 Å². The Bertz CT molecular complexity index is 998. The molecule has 120 valence electrons. The van der Waals surface area contributed by atoms with E-state index in [4.69, 9.17) is 0 Å². The van der Waals surface area contributed by atoms with Crippen LogP contribution in [0.4, 0.5) is 0 Å². The molecule has 2 aromatic rings. The van der Waals surface area contributed by atoms with E-state index in [1.807, 2.05) is 0 Å². The van der Waals surface area contributed by atoms with Crippen molar-refractivity contribution >= 4 is 29.5 Å². The zero-order valence-electron chi connectivity index (χ0n) is 14.4. The summed E-state index contributed by atoms with van der Waals surface area (Å²) in [5.41, 5.74) is -4.09. The number of carbonyl (C=O) groups is 5. The van der Waals surface area contributed by atoms with Gasteiger partial charge in [0.2, 0.25) is 5.78 Å². The van der Waals surface area contributed by atoms with E-state index < -0.39 is 63.2 Å². The fourth-order valence-electron chi connectivity index (χ4n) is 2.40. The summed E-state index contributed by atoms with van der Waals surface area (Å²) in [6, 6.07) is 1.41. The molecule has 0 saturated carbocycles. The maximum atomic E-state index is 12.1. The number of aromatic amines is 1. The average Bonchev–Trinajstić information content (AvgIpc) is 2.96. The normalized spacial score (nSPS) is 11.1. The van der Waals surface area contributed by atoms with E-state index in [9.17, 15) is 39.3 Å². The molecular weight excluding hydrogens is 441 g/mol. The summed E-state index contributed by atoms with van der Waals surface area (Å²) in [4.78, 5) is 62.9. The second kappa shape index (κ2) is 10.9. The molecule has 3 rings (SSSR count). The van der Waals surface area contributed by atoms with Crippen molar-refractivity contribution in [3.63, 3.8) is 0 Å². The molecule has 0 atom stereocenters. The number of carboxylic acids is 3. The molecule has 0 aliphatic heterocycles. The number of fused-ring (bicyclic) bond motifs is 3. The van der Waals surface area contributed by atoms with Gasteiger partial charge in [-0.15, -0.1) is 0 Å². The monoisotopic (exact) mass is 444 g/mol. The van der Waals surface area contributed by atoms with Gasteiger partial charge in [-0.05, 0) is 12.1 Å². The third-order valence-corrected chi connectivity index (χ3v) is 3.40. The first-order valence-corrected chi connectivity index (χ1v) is 6.23. The number of H-pyrrole nitrogens is 1. The van der Waals surface area contributed by atoms with Crippen LogP contribution in [-0.2, 0) is 0 Å².